The molecule has 0 aliphatic heterocycles. The van der Waals surface area contributed by atoms with Crippen LogP contribution in [-0.4, -0.2) is 56.2 Å². The van der Waals surface area contributed by atoms with E-state index in [2.05, 4.69) is 5.32 Å². The minimum atomic E-state index is -1.30. The molecule has 0 spiro atoms. The fraction of sp³-hybridized carbons (Fsp3) is 0.292. The second-order valence-corrected chi connectivity index (χ2v) is 6.72. The number of amides is 2. The summed E-state index contributed by atoms with van der Waals surface area (Å²) in [6.07, 6.45) is 1.61. The summed E-state index contributed by atoms with van der Waals surface area (Å²) in [5.74, 6) is 1.22. The van der Waals surface area contributed by atoms with Crippen LogP contribution < -0.4 is 24.8 Å². The standard InChI is InChI=1S/C24H28N2O8/c1-3-31-20-13-18(14-21(15-20)32-4-2)6-5-17-7-9-19(10-8-17)34-24(30)33-12-11-25-22(27)16-26-23(28)29/h5-10,13-15,26H,3-4,11-12,16H2,1-2H3,(H,25,27)(H,28,29). The van der Waals surface area contributed by atoms with Gasteiger partial charge in [0.05, 0.1) is 26.3 Å². The minimum Gasteiger partial charge on any atom is -0.494 e. The number of hydrogen-bond donors (Lipinski definition) is 3. The summed E-state index contributed by atoms with van der Waals surface area (Å²) in [7, 11) is 0. The zero-order valence-corrected chi connectivity index (χ0v) is 19.0. The van der Waals surface area contributed by atoms with Gasteiger partial charge in [0, 0.05) is 6.07 Å². The Hall–Kier alpha value is -4.21. The lowest BCUT2D eigenvalue weighted by Crippen LogP contribution is -2.37. The van der Waals surface area contributed by atoms with Crippen molar-refractivity contribution in [1.29, 1.82) is 0 Å². The third-order valence-corrected chi connectivity index (χ3v) is 4.12. The maximum absolute atomic E-state index is 11.8. The van der Waals surface area contributed by atoms with Crippen LogP contribution in [0.3, 0.4) is 0 Å². The van der Waals surface area contributed by atoms with E-state index in [9.17, 15) is 14.4 Å². The summed E-state index contributed by atoms with van der Waals surface area (Å²) >= 11 is 0. The van der Waals surface area contributed by atoms with Crippen LogP contribution in [0.5, 0.6) is 17.2 Å². The van der Waals surface area contributed by atoms with Crippen LogP contribution in [0.15, 0.2) is 42.5 Å². The number of carbonyl (C=O) groups excluding carboxylic acids is 2. The first kappa shape index (κ1) is 26.0. The van der Waals surface area contributed by atoms with Crippen LogP contribution in [0.25, 0.3) is 12.2 Å². The molecule has 2 aromatic rings. The molecule has 0 atom stereocenters. The Bertz CT molecular complexity index is 965. The molecule has 0 radical (unpaired) electrons. The van der Waals surface area contributed by atoms with Gasteiger partial charge in [-0.2, -0.15) is 0 Å². The van der Waals surface area contributed by atoms with E-state index in [1.54, 1.807) is 24.3 Å². The van der Waals surface area contributed by atoms with Gasteiger partial charge in [0.15, 0.2) is 0 Å². The Labute approximate surface area is 197 Å². The highest BCUT2D eigenvalue weighted by molar-refractivity contribution is 5.81. The summed E-state index contributed by atoms with van der Waals surface area (Å²) in [5, 5.41) is 12.7. The van der Waals surface area contributed by atoms with Crippen LogP contribution in [0.2, 0.25) is 0 Å². The van der Waals surface area contributed by atoms with E-state index in [4.69, 9.17) is 24.1 Å². The maximum atomic E-state index is 11.8. The van der Waals surface area contributed by atoms with Crippen molar-refractivity contribution >= 4 is 30.3 Å². The Morgan fingerprint density at radius 1 is 0.853 bits per heavy atom. The molecule has 182 valence electrons. The zero-order chi connectivity index (χ0) is 24.8. The molecule has 0 aliphatic rings. The molecule has 0 heterocycles. The van der Waals surface area contributed by atoms with Crippen LogP contribution >= 0.6 is 0 Å². The van der Waals surface area contributed by atoms with Gasteiger partial charge >= 0.3 is 12.2 Å². The third kappa shape index (κ3) is 9.94. The molecule has 2 rings (SSSR count). The number of carbonyl (C=O) groups is 3. The average Bonchev–Trinajstić information content (AvgIpc) is 2.80. The second-order valence-electron chi connectivity index (χ2n) is 6.72. The van der Waals surface area contributed by atoms with Gasteiger partial charge in [-0.3, -0.25) is 4.79 Å². The largest absolute Gasteiger partial charge is 0.513 e. The highest BCUT2D eigenvalue weighted by Gasteiger charge is 2.07. The smallest absolute Gasteiger partial charge is 0.494 e. The molecular formula is C24H28N2O8. The summed E-state index contributed by atoms with van der Waals surface area (Å²) in [6.45, 7) is 4.47. The molecule has 0 aliphatic carbocycles. The van der Waals surface area contributed by atoms with E-state index in [1.807, 2.05) is 49.5 Å². The average molecular weight is 472 g/mol. The van der Waals surface area contributed by atoms with Crippen molar-refractivity contribution in [3.05, 3.63) is 53.6 Å². The van der Waals surface area contributed by atoms with Gasteiger partial charge in [-0.1, -0.05) is 24.3 Å². The molecule has 0 fully saturated rings. The lowest BCUT2D eigenvalue weighted by atomic mass is 10.1. The summed E-state index contributed by atoms with van der Waals surface area (Å²) in [5.41, 5.74) is 1.81. The highest BCUT2D eigenvalue weighted by atomic mass is 16.7. The van der Waals surface area contributed by atoms with Crippen molar-refractivity contribution in [2.45, 2.75) is 13.8 Å². The van der Waals surface area contributed by atoms with Gasteiger partial charge < -0.3 is 34.7 Å². The normalized spacial score (nSPS) is 10.4. The number of nitrogens with one attached hydrogen (secondary N) is 2. The van der Waals surface area contributed by atoms with E-state index in [0.717, 1.165) is 22.6 Å². The molecule has 0 saturated carbocycles. The van der Waals surface area contributed by atoms with Crippen molar-refractivity contribution < 1.29 is 38.4 Å². The van der Waals surface area contributed by atoms with E-state index in [1.165, 1.54) is 0 Å². The van der Waals surface area contributed by atoms with E-state index < -0.39 is 18.2 Å². The number of carboxylic acid groups (broad SMARTS) is 1. The molecular weight excluding hydrogens is 444 g/mol. The number of hydrogen-bond acceptors (Lipinski definition) is 7. The van der Waals surface area contributed by atoms with E-state index in [0.29, 0.717) is 19.0 Å². The van der Waals surface area contributed by atoms with Gasteiger partial charge in [-0.05, 0) is 49.2 Å². The summed E-state index contributed by atoms with van der Waals surface area (Å²) in [6, 6.07) is 12.5. The molecule has 0 unspecified atom stereocenters. The molecule has 2 amide bonds. The van der Waals surface area contributed by atoms with Gasteiger partial charge in [-0.25, -0.2) is 9.59 Å². The maximum Gasteiger partial charge on any atom is 0.513 e. The first-order valence-corrected chi connectivity index (χ1v) is 10.7. The lowest BCUT2D eigenvalue weighted by Gasteiger charge is -2.09. The fourth-order valence-corrected chi connectivity index (χ4v) is 2.70. The zero-order valence-electron chi connectivity index (χ0n) is 19.0. The lowest BCUT2D eigenvalue weighted by molar-refractivity contribution is -0.120. The van der Waals surface area contributed by atoms with E-state index >= 15 is 0 Å². The fourth-order valence-electron chi connectivity index (χ4n) is 2.70. The molecule has 3 N–H and O–H groups in total. The molecule has 0 bridgehead atoms. The van der Waals surface area contributed by atoms with Crippen molar-refractivity contribution in [3.8, 4) is 17.2 Å². The van der Waals surface area contributed by atoms with Crippen molar-refractivity contribution in [3.63, 3.8) is 0 Å². The van der Waals surface area contributed by atoms with Gasteiger partial charge in [0.25, 0.3) is 0 Å². The Kier molecular flexibility index (Phi) is 10.8. The molecule has 34 heavy (non-hydrogen) atoms. The van der Waals surface area contributed by atoms with Crippen molar-refractivity contribution in [2.24, 2.45) is 0 Å². The van der Waals surface area contributed by atoms with Crippen LogP contribution in [-0.2, 0) is 9.53 Å². The Balaban J connectivity index is 1.82. The summed E-state index contributed by atoms with van der Waals surface area (Å²) < 4.78 is 21.1. The van der Waals surface area contributed by atoms with Crippen LogP contribution in [0.1, 0.15) is 25.0 Å². The summed E-state index contributed by atoms with van der Waals surface area (Å²) in [4.78, 5) is 33.4. The molecule has 10 nitrogen and oxygen atoms in total. The van der Waals surface area contributed by atoms with Crippen molar-refractivity contribution in [1.82, 2.24) is 10.6 Å². The van der Waals surface area contributed by atoms with Gasteiger partial charge in [-0.15, -0.1) is 0 Å². The quantitative estimate of drug-likeness (QED) is 0.185. The molecule has 10 heteroatoms. The number of rotatable bonds is 12. The second kappa shape index (κ2) is 14.0. The number of ether oxygens (including phenoxy) is 4. The first-order valence-electron chi connectivity index (χ1n) is 10.7. The molecule has 2 aromatic carbocycles. The van der Waals surface area contributed by atoms with Crippen LogP contribution in [0.4, 0.5) is 9.59 Å². The SMILES string of the molecule is CCOc1cc(C=Cc2ccc(OC(=O)OCCNC(=O)CNC(=O)O)cc2)cc(OCC)c1. The van der Waals surface area contributed by atoms with Crippen LogP contribution in [0, 0.1) is 0 Å². The van der Waals surface area contributed by atoms with Gasteiger partial charge in [0.2, 0.25) is 5.91 Å². The van der Waals surface area contributed by atoms with Crippen molar-refractivity contribution in [2.75, 3.05) is 32.9 Å². The Morgan fingerprint density at radius 2 is 1.47 bits per heavy atom. The van der Waals surface area contributed by atoms with E-state index in [-0.39, 0.29) is 19.7 Å². The highest BCUT2D eigenvalue weighted by Crippen LogP contribution is 2.25. The Morgan fingerprint density at radius 3 is 2.06 bits per heavy atom. The monoisotopic (exact) mass is 472 g/mol. The molecule has 0 aromatic heterocycles. The van der Waals surface area contributed by atoms with Gasteiger partial charge in [0.1, 0.15) is 23.9 Å². The molecule has 0 saturated heterocycles. The first-order chi connectivity index (χ1) is 16.4. The minimum absolute atomic E-state index is 0.0223. The topological polar surface area (TPSA) is 132 Å². The predicted molar refractivity (Wildman–Crippen MR) is 125 cm³/mol. The predicted octanol–water partition coefficient (Wildman–Crippen LogP) is 3.55. The third-order valence-electron chi connectivity index (χ3n) is 4.12. The number of benzene rings is 2.